The predicted octanol–water partition coefficient (Wildman–Crippen LogP) is 4.88. The standard InChI is InChI=1S/C15H14F6N2/c1-3-11-7-12(8-13(22-11)15(19,20)21)23-5-4-10(6-9(23)2)14(16,17)18/h4,6-8H,3,5H2,1-2H3. The van der Waals surface area contributed by atoms with E-state index in [0.717, 1.165) is 18.2 Å². The van der Waals surface area contributed by atoms with E-state index in [2.05, 4.69) is 4.98 Å². The molecule has 0 fully saturated rings. The van der Waals surface area contributed by atoms with Crippen molar-refractivity contribution < 1.29 is 26.3 Å². The van der Waals surface area contributed by atoms with Gasteiger partial charge in [0.25, 0.3) is 0 Å². The maximum atomic E-state index is 12.9. The molecule has 0 amide bonds. The highest BCUT2D eigenvalue weighted by atomic mass is 19.4. The minimum atomic E-state index is -4.61. The Morgan fingerprint density at radius 1 is 1.09 bits per heavy atom. The molecule has 126 valence electrons. The number of aromatic nitrogens is 1. The van der Waals surface area contributed by atoms with Crippen LogP contribution in [0.15, 0.2) is 35.6 Å². The Morgan fingerprint density at radius 2 is 1.74 bits per heavy atom. The van der Waals surface area contributed by atoms with E-state index < -0.39 is 23.6 Å². The molecule has 1 aromatic heterocycles. The van der Waals surface area contributed by atoms with E-state index in [-0.39, 0.29) is 30.0 Å². The van der Waals surface area contributed by atoms with Gasteiger partial charge in [0.1, 0.15) is 5.69 Å². The zero-order chi connectivity index (χ0) is 17.4. The average molecular weight is 336 g/mol. The van der Waals surface area contributed by atoms with Gasteiger partial charge in [-0.25, -0.2) is 4.98 Å². The molecule has 0 spiro atoms. The zero-order valence-electron chi connectivity index (χ0n) is 12.4. The SMILES string of the molecule is CCc1cc(N2CC=C(C(F)(F)F)C=C2C)cc(C(F)(F)F)n1. The quantitative estimate of drug-likeness (QED) is 0.716. The van der Waals surface area contributed by atoms with Crippen LogP contribution in [0.2, 0.25) is 0 Å². The van der Waals surface area contributed by atoms with E-state index in [1.54, 1.807) is 6.92 Å². The highest BCUT2D eigenvalue weighted by Crippen LogP contribution is 2.35. The second-order valence-electron chi connectivity index (χ2n) is 5.11. The molecule has 0 aromatic carbocycles. The van der Waals surface area contributed by atoms with Crippen molar-refractivity contribution >= 4 is 5.69 Å². The van der Waals surface area contributed by atoms with E-state index in [1.165, 1.54) is 17.9 Å². The van der Waals surface area contributed by atoms with Crippen molar-refractivity contribution in [1.29, 1.82) is 0 Å². The minimum absolute atomic E-state index is 0.151. The molecule has 1 aliphatic heterocycles. The van der Waals surface area contributed by atoms with Gasteiger partial charge in [0.05, 0.1) is 5.57 Å². The molecule has 8 heteroatoms. The molecule has 1 aliphatic rings. The molecule has 0 unspecified atom stereocenters. The molecule has 0 N–H and O–H groups in total. The predicted molar refractivity (Wildman–Crippen MR) is 73.9 cm³/mol. The van der Waals surface area contributed by atoms with Gasteiger partial charge in [-0.1, -0.05) is 13.0 Å². The van der Waals surface area contributed by atoms with E-state index in [9.17, 15) is 26.3 Å². The van der Waals surface area contributed by atoms with Crippen LogP contribution in [-0.4, -0.2) is 17.7 Å². The van der Waals surface area contributed by atoms with Crippen molar-refractivity contribution in [3.05, 3.63) is 46.9 Å². The Kier molecular flexibility index (Phi) is 4.45. The normalized spacial score (nSPS) is 16.3. The third-order valence-corrected chi connectivity index (χ3v) is 3.44. The molecule has 0 radical (unpaired) electrons. The molecule has 0 saturated carbocycles. The summed E-state index contributed by atoms with van der Waals surface area (Å²) in [7, 11) is 0. The lowest BCUT2D eigenvalue weighted by molar-refractivity contribution is -0.141. The second kappa shape index (κ2) is 5.90. The minimum Gasteiger partial charge on any atom is -0.341 e. The van der Waals surface area contributed by atoms with Crippen LogP contribution in [0.25, 0.3) is 0 Å². The fraction of sp³-hybridized carbons (Fsp3) is 0.400. The summed E-state index contributed by atoms with van der Waals surface area (Å²) < 4.78 is 76.8. The number of hydrogen-bond acceptors (Lipinski definition) is 2. The molecule has 23 heavy (non-hydrogen) atoms. The van der Waals surface area contributed by atoms with Crippen LogP contribution >= 0.6 is 0 Å². The van der Waals surface area contributed by atoms with Gasteiger partial charge >= 0.3 is 12.4 Å². The summed E-state index contributed by atoms with van der Waals surface area (Å²) in [6.45, 7) is 2.94. The van der Waals surface area contributed by atoms with Crippen molar-refractivity contribution in [2.75, 3.05) is 11.4 Å². The first kappa shape index (κ1) is 17.4. The summed E-state index contributed by atoms with van der Waals surface area (Å²) in [5, 5.41) is 0. The summed E-state index contributed by atoms with van der Waals surface area (Å²) in [6.07, 6.45) is -6.93. The third kappa shape index (κ3) is 3.86. The van der Waals surface area contributed by atoms with Gasteiger partial charge in [-0.15, -0.1) is 0 Å². The fourth-order valence-corrected chi connectivity index (χ4v) is 2.26. The molecule has 0 bridgehead atoms. The lowest BCUT2D eigenvalue weighted by atomic mass is 10.1. The van der Waals surface area contributed by atoms with Crippen molar-refractivity contribution in [1.82, 2.24) is 4.98 Å². The fourth-order valence-electron chi connectivity index (χ4n) is 2.26. The van der Waals surface area contributed by atoms with Crippen LogP contribution in [0, 0.1) is 0 Å². The van der Waals surface area contributed by atoms with Crippen LogP contribution in [0.4, 0.5) is 32.0 Å². The van der Waals surface area contributed by atoms with Gasteiger partial charge in [-0.05, 0) is 31.6 Å². The lowest BCUT2D eigenvalue weighted by Crippen LogP contribution is -2.27. The number of pyridine rings is 1. The van der Waals surface area contributed by atoms with Crippen LogP contribution in [0.3, 0.4) is 0 Å². The smallest absolute Gasteiger partial charge is 0.341 e. The summed E-state index contributed by atoms with van der Waals surface area (Å²) in [4.78, 5) is 4.92. The summed E-state index contributed by atoms with van der Waals surface area (Å²) in [5.74, 6) is 0. The van der Waals surface area contributed by atoms with Gasteiger partial charge in [0, 0.05) is 23.6 Å². The number of allylic oxidation sites excluding steroid dienone is 3. The summed E-state index contributed by atoms with van der Waals surface area (Å²) >= 11 is 0. The molecule has 0 atom stereocenters. The number of hydrogen-bond donors (Lipinski definition) is 0. The molecule has 0 saturated heterocycles. The Balaban J connectivity index is 2.41. The Labute approximate surface area is 129 Å². The maximum Gasteiger partial charge on any atom is 0.433 e. The van der Waals surface area contributed by atoms with Gasteiger partial charge in [-0.3, -0.25) is 0 Å². The maximum absolute atomic E-state index is 12.9. The number of rotatable bonds is 2. The van der Waals surface area contributed by atoms with E-state index >= 15 is 0 Å². The van der Waals surface area contributed by atoms with E-state index in [0.29, 0.717) is 0 Å². The Bertz CT molecular complexity index is 655. The number of aryl methyl sites for hydroxylation is 1. The largest absolute Gasteiger partial charge is 0.433 e. The molecular formula is C15H14F6N2. The van der Waals surface area contributed by atoms with Crippen molar-refractivity contribution in [2.45, 2.75) is 32.6 Å². The Hall–Kier alpha value is -1.99. The highest BCUT2D eigenvalue weighted by molar-refractivity contribution is 5.57. The van der Waals surface area contributed by atoms with Gasteiger partial charge in [0.15, 0.2) is 0 Å². The zero-order valence-corrected chi connectivity index (χ0v) is 12.4. The first-order valence-corrected chi connectivity index (χ1v) is 6.83. The van der Waals surface area contributed by atoms with Gasteiger partial charge < -0.3 is 4.90 Å². The van der Waals surface area contributed by atoms with Gasteiger partial charge in [-0.2, -0.15) is 26.3 Å². The number of anilines is 1. The molecule has 0 aliphatic carbocycles. The number of halogens is 6. The van der Waals surface area contributed by atoms with Crippen LogP contribution in [-0.2, 0) is 12.6 Å². The molecule has 2 rings (SSSR count). The van der Waals surface area contributed by atoms with Crippen LogP contribution < -0.4 is 4.90 Å². The lowest BCUT2D eigenvalue weighted by Gasteiger charge is -2.29. The number of nitrogens with zero attached hydrogens (tertiary/aromatic N) is 2. The molecule has 2 nitrogen and oxygen atoms in total. The third-order valence-electron chi connectivity index (χ3n) is 3.44. The Morgan fingerprint density at radius 3 is 2.22 bits per heavy atom. The number of alkyl halides is 6. The second-order valence-corrected chi connectivity index (χ2v) is 5.11. The van der Waals surface area contributed by atoms with Crippen molar-refractivity contribution in [2.24, 2.45) is 0 Å². The topological polar surface area (TPSA) is 16.1 Å². The average Bonchev–Trinajstić information content (AvgIpc) is 2.44. The summed E-state index contributed by atoms with van der Waals surface area (Å²) in [5.41, 5.74) is -1.22. The highest BCUT2D eigenvalue weighted by Gasteiger charge is 2.35. The van der Waals surface area contributed by atoms with E-state index in [4.69, 9.17) is 0 Å². The monoisotopic (exact) mass is 336 g/mol. The van der Waals surface area contributed by atoms with Crippen molar-refractivity contribution in [3.63, 3.8) is 0 Å². The molecular weight excluding hydrogens is 322 g/mol. The first-order chi connectivity index (χ1) is 10.5. The van der Waals surface area contributed by atoms with Gasteiger partial charge in [0.2, 0.25) is 0 Å². The van der Waals surface area contributed by atoms with Crippen molar-refractivity contribution in [3.8, 4) is 0 Å². The van der Waals surface area contributed by atoms with E-state index in [1.807, 2.05) is 0 Å². The summed E-state index contributed by atoms with van der Waals surface area (Å²) in [6, 6.07) is 2.31. The van der Waals surface area contributed by atoms with Crippen LogP contribution in [0.1, 0.15) is 25.2 Å². The first-order valence-electron chi connectivity index (χ1n) is 6.83. The molecule has 1 aromatic rings. The molecule has 2 heterocycles. The van der Waals surface area contributed by atoms with Crippen LogP contribution in [0.5, 0.6) is 0 Å².